The molecule has 31 heavy (non-hydrogen) atoms. The first kappa shape index (κ1) is 21.6. The number of nitrogens with one attached hydrogen (secondary N) is 3. The van der Waals surface area contributed by atoms with E-state index in [1.54, 1.807) is 18.5 Å². The van der Waals surface area contributed by atoms with E-state index >= 15 is 0 Å². The molecule has 0 bridgehead atoms. The number of anilines is 2. The summed E-state index contributed by atoms with van der Waals surface area (Å²) in [6.45, 7) is 6.51. The lowest BCUT2D eigenvalue weighted by Crippen LogP contribution is -2.24. The van der Waals surface area contributed by atoms with Crippen LogP contribution in [-0.4, -0.2) is 47.2 Å². The second-order valence-electron chi connectivity index (χ2n) is 7.57. The van der Waals surface area contributed by atoms with Gasteiger partial charge in [0.15, 0.2) is 17.0 Å². The van der Waals surface area contributed by atoms with Crippen LogP contribution in [-0.2, 0) is 6.54 Å². The topological polar surface area (TPSA) is 117 Å². The summed E-state index contributed by atoms with van der Waals surface area (Å²) in [5, 5.41) is 17.0. The molecular formula is C20H24Cl2N8O. The Morgan fingerprint density at radius 3 is 2.65 bits per heavy atom. The average Bonchev–Trinajstić information content (AvgIpc) is 3.34. The number of halogens is 2. The Hall–Kier alpha value is -2.62. The molecule has 0 unspecified atom stereocenters. The first-order valence-corrected chi connectivity index (χ1v) is 10.8. The molecule has 0 radical (unpaired) electrons. The number of rotatable bonds is 8. The van der Waals surface area contributed by atoms with E-state index in [9.17, 15) is 5.11 Å². The number of hydrogen-bond acceptors (Lipinski definition) is 7. The van der Waals surface area contributed by atoms with Crippen molar-refractivity contribution in [3.05, 3.63) is 34.3 Å². The maximum absolute atomic E-state index is 9.55. The Labute approximate surface area is 189 Å². The van der Waals surface area contributed by atoms with Crippen LogP contribution >= 0.6 is 23.2 Å². The van der Waals surface area contributed by atoms with Crippen molar-refractivity contribution in [1.29, 1.82) is 0 Å². The monoisotopic (exact) mass is 462 g/mol. The second kappa shape index (κ2) is 8.86. The van der Waals surface area contributed by atoms with Crippen LogP contribution in [0.2, 0.25) is 10.0 Å². The van der Waals surface area contributed by atoms with E-state index in [-0.39, 0.29) is 18.7 Å². The summed E-state index contributed by atoms with van der Waals surface area (Å²) in [5.41, 5.74) is 2.92. The number of aromatic amines is 1. The molecule has 0 saturated carbocycles. The highest BCUT2D eigenvalue weighted by Gasteiger charge is 2.17. The Morgan fingerprint density at radius 1 is 1.16 bits per heavy atom. The second-order valence-corrected chi connectivity index (χ2v) is 8.38. The molecular weight excluding hydrogens is 439 g/mol. The van der Waals surface area contributed by atoms with E-state index in [0.29, 0.717) is 45.3 Å². The summed E-state index contributed by atoms with van der Waals surface area (Å²) in [4.78, 5) is 21.5. The molecule has 164 valence electrons. The number of hydrogen-bond donors (Lipinski definition) is 4. The van der Waals surface area contributed by atoms with Gasteiger partial charge in [0.05, 0.1) is 46.6 Å². The van der Waals surface area contributed by atoms with Crippen molar-refractivity contribution in [2.45, 2.75) is 45.8 Å². The number of aliphatic hydroxyl groups excluding tert-OH is 1. The van der Waals surface area contributed by atoms with Gasteiger partial charge in [0, 0.05) is 6.04 Å². The molecule has 11 heteroatoms. The summed E-state index contributed by atoms with van der Waals surface area (Å²) in [6, 6.07) is 3.54. The van der Waals surface area contributed by atoms with Crippen LogP contribution in [0.25, 0.3) is 22.2 Å². The maximum Gasteiger partial charge on any atom is 0.227 e. The number of benzene rings is 1. The van der Waals surface area contributed by atoms with Gasteiger partial charge >= 0.3 is 0 Å². The van der Waals surface area contributed by atoms with Crippen molar-refractivity contribution in [1.82, 2.24) is 29.5 Å². The molecule has 1 aromatic carbocycles. The smallest absolute Gasteiger partial charge is 0.227 e. The van der Waals surface area contributed by atoms with Gasteiger partial charge in [-0.1, -0.05) is 30.1 Å². The van der Waals surface area contributed by atoms with Gasteiger partial charge in [0.1, 0.15) is 5.82 Å². The Bertz CT molecular complexity index is 1180. The van der Waals surface area contributed by atoms with Crippen molar-refractivity contribution in [3.63, 3.8) is 0 Å². The zero-order valence-corrected chi connectivity index (χ0v) is 19.0. The zero-order chi connectivity index (χ0) is 22.1. The van der Waals surface area contributed by atoms with Crippen molar-refractivity contribution in [3.8, 4) is 0 Å². The van der Waals surface area contributed by atoms with E-state index in [1.807, 2.05) is 11.5 Å². The Kier molecular flexibility index (Phi) is 6.17. The van der Waals surface area contributed by atoms with E-state index in [2.05, 4.69) is 49.4 Å². The fourth-order valence-corrected chi connectivity index (χ4v) is 3.57. The predicted molar refractivity (Wildman–Crippen MR) is 124 cm³/mol. The highest BCUT2D eigenvalue weighted by Crippen LogP contribution is 2.27. The minimum atomic E-state index is -0.134. The fraction of sp³-hybridized carbons (Fsp3) is 0.400. The van der Waals surface area contributed by atoms with E-state index < -0.39 is 0 Å². The first-order valence-electron chi connectivity index (χ1n) is 10.1. The molecule has 3 aromatic heterocycles. The van der Waals surface area contributed by atoms with Crippen molar-refractivity contribution in [2.24, 2.45) is 0 Å². The Morgan fingerprint density at radius 2 is 1.94 bits per heavy atom. The standard InChI is InChI=1S/C20H24Cl2N8O/c1-4-11(8-31)25-20-28-18(17-19(29-20)30(9-24-17)10(2)3)23-7-16-26-14-5-12(21)13(22)6-15(14)27-16/h5-6,9-11,31H,4,7-8H2,1-3H3,(H,26,27)(H2,23,25,28,29)/t11-/m1/s1. The highest BCUT2D eigenvalue weighted by atomic mass is 35.5. The maximum atomic E-state index is 9.55. The number of H-pyrrole nitrogens is 1. The molecule has 0 aliphatic heterocycles. The number of aromatic nitrogens is 6. The lowest BCUT2D eigenvalue weighted by Gasteiger charge is -2.16. The van der Waals surface area contributed by atoms with Crippen LogP contribution in [0.4, 0.5) is 11.8 Å². The van der Waals surface area contributed by atoms with E-state index in [0.717, 1.165) is 17.5 Å². The number of nitrogens with zero attached hydrogens (tertiary/aromatic N) is 5. The van der Waals surface area contributed by atoms with E-state index in [4.69, 9.17) is 23.2 Å². The van der Waals surface area contributed by atoms with Gasteiger partial charge < -0.3 is 25.3 Å². The van der Waals surface area contributed by atoms with Crippen molar-refractivity contribution in [2.75, 3.05) is 17.2 Å². The molecule has 0 aliphatic carbocycles. The van der Waals surface area contributed by atoms with Gasteiger partial charge in [-0.2, -0.15) is 9.97 Å². The molecule has 0 amide bonds. The quantitative estimate of drug-likeness (QED) is 0.306. The van der Waals surface area contributed by atoms with Crippen LogP contribution < -0.4 is 10.6 Å². The fourth-order valence-electron chi connectivity index (χ4n) is 3.25. The number of aliphatic hydroxyl groups is 1. The van der Waals surface area contributed by atoms with Gasteiger partial charge in [-0.15, -0.1) is 0 Å². The number of imidazole rings is 2. The zero-order valence-electron chi connectivity index (χ0n) is 17.4. The molecule has 4 N–H and O–H groups in total. The van der Waals surface area contributed by atoms with Crippen LogP contribution in [0.15, 0.2) is 18.5 Å². The summed E-state index contributed by atoms with van der Waals surface area (Å²) in [6.07, 6.45) is 2.50. The van der Waals surface area contributed by atoms with Crippen molar-refractivity contribution >= 4 is 57.2 Å². The van der Waals surface area contributed by atoms with Gasteiger partial charge in [-0.25, -0.2) is 9.97 Å². The third-order valence-corrected chi connectivity index (χ3v) is 5.74. The highest BCUT2D eigenvalue weighted by molar-refractivity contribution is 6.42. The predicted octanol–water partition coefficient (Wildman–Crippen LogP) is 4.39. The molecule has 0 aliphatic rings. The van der Waals surface area contributed by atoms with Crippen molar-refractivity contribution < 1.29 is 5.11 Å². The molecule has 4 rings (SSSR count). The van der Waals surface area contributed by atoms with Gasteiger partial charge in [0.25, 0.3) is 0 Å². The van der Waals surface area contributed by atoms with Gasteiger partial charge in [-0.3, -0.25) is 0 Å². The lowest BCUT2D eigenvalue weighted by molar-refractivity contribution is 0.271. The van der Waals surface area contributed by atoms with Crippen LogP contribution in [0.3, 0.4) is 0 Å². The normalized spacial score (nSPS) is 12.7. The van der Waals surface area contributed by atoms with Gasteiger partial charge in [0.2, 0.25) is 5.95 Å². The molecule has 3 heterocycles. The SMILES string of the molecule is CC[C@H](CO)Nc1nc(NCc2nc3cc(Cl)c(Cl)cc3[nH]2)c2ncn(C(C)C)c2n1. The number of fused-ring (bicyclic) bond motifs is 2. The third kappa shape index (κ3) is 4.39. The molecule has 0 saturated heterocycles. The Balaban J connectivity index is 1.67. The summed E-state index contributed by atoms with van der Waals surface area (Å²) in [5.74, 6) is 1.72. The largest absolute Gasteiger partial charge is 0.394 e. The average molecular weight is 463 g/mol. The van der Waals surface area contributed by atoms with E-state index in [1.165, 1.54) is 0 Å². The third-order valence-electron chi connectivity index (χ3n) is 5.02. The van der Waals surface area contributed by atoms with Crippen LogP contribution in [0.1, 0.15) is 39.1 Å². The van der Waals surface area contributed by atoms with Crippen LogP contribution in [0.5, 0.6) is 0 Å². The molecule has 9 nitrogen and oxygen atoms in total. The molecule has 4 aromatic rings. The summed E-state index contributed by atoms with van der Waals surface area (Å²) >= 11 is 12.2. The molecule has 0 spiro atoms. The molecule has 0 fully saturated rings. The van der Waals surface area contributed by atoms with Crippen LogP contribution in [0, 0.1) is 0 Å². The molecule has 1 atom stereocenters. The minimum absolute atomic E-state index is 0.00575. The summed E-state index contributed by atoms with van der Waals surface area (Å²) in [7, 11) is 0. The summed E-state index contributed by atoms with van der Waals surface area (Å²) < 4.78 is 1.98. The van der Waals surface area contributed by atoms with Gasteiger partial charge in [-0.05, 0) is 32.4 Å². The minimum Gasteiger partial charge on any atom is -0.394 e. The lowest BCUT2D eigenvalue weighted by atomic mass is 10.2. The first-order chi connectivity index (χ1) is 14.9.